The summed E-state index contributed by atoms with van der Waals surface area (Å²) in [4.78, 5) is 34.6. The van der Waals surface area contributed by atoms with Crippen molar-refractivity contribution in [1.82, 2.24) is 5.43 Å². The zero-order valence-corrected chi connectivity index (χ0v) is 17.0. The van der Waals surface area contributed by atoms with E-state index in [0.717, 1.165) is 0 Å². The highest BCUT2D eigenvalue weighted by molar-refractivity contribution is 9.10. The lowest BCUT2D eigenvalue weighted by Crippen LogP contribution is -2.18. The SMILES string of the molecule is O=C(N/N=C/c1ccc([N+](=O)[O-])cc1)c1ccc(NC(=O)c2ccccc2Br)cc1. The van der Waals surface area contributed by atoms with Gasteiger partial charge in [-0.25, -0.2) is 5.43 Å². The molecule has 3 rings (SSSR count). The Morgan fingerprint density at radius 2 is 1.60 bits per heavy atom. The Hall–Kier alpha value is -3.85. The molecule has 0 aliphatic carbocycles. The van der Waals surface area contributed by atoms with E-state index in [9.17, 15) is 19.7 Å². The van der Waals surface area contributed by atoms with Gasteiger partial charge in [-0.15, -0.1) is 0 Å². The van der Waals surface area contributed by atoms with Crippen molar-refractivity contribution in [2.24, 2.45) is 5.10 Å². The predicted octanol–water partition coefficient (Wildman–Crippen LogP) is 4.37. The zero-order valence-electron chi connectivity index (χ0n) is 15.4. The van der Waals surface area contributed by atoms with E-state index < -0.39 is 10.8 Å². The largest absolute Gasteiger partial charge is 0.322 e. The molecule has 0 unspecified atom stereocenters. The molecule has 2 N–H and O–H groups in total. The Morgan fingerprint density at radius 3 is 2.23 bits per heavy atom. The summed E-state index contributed by atoms with van der Waals surface area (Å²) in [6, 6.07) is 19.2. The maximum Gasteiger partial charge on any atom is 0.271 e. The van der Waals surface area contributed by atoms with Gasteiger partial charge < -0.3 is 5.32 Å². The van der Waals surface area contributed by atoms with Crippen LogP contribution in [0.2, 0.25) is 0 Å². The lowest BCUT2D eigenvalue weighted by Gasteiger charge is -2.07. The molecule has 0 aromatic heterocycles. The van der Waals surface area contributed by atoms with Gasteiger partial charge in [-0.3, -0.25) is 19.7 Å². The molecule has 150 valence electrons. The van der Waals surface area contributed by atoms with E-state index in [2.05, 4.69) is 31.8 Å². The van der Waals surface area contributed by atoms with Crippen LogP contribution >= 0.6 is 15.9 Å². The van der Waals surface area contributed by atoms with Crippen molar-refractivity contribution in [3.05, 3.63) is 104 Å². The van der Waals surface area contributed by atoms with E-state index in [4.69, 9.17) is 0 Å². The maximum absolute atomic E-state index is 12.3. The van der Waals surface area contributed by atoms with Gasteiger partial charge in [0, 0.05) is 27.9 Å². The normalized spacial score (nSPS) is 10.6. The fourth-order valence-corrected chi connectivity index (χ4v) is 2.93. The topological polar surface area (TPSA) is 114 Å². The number of halogens is 1. The van der Waals surface area contributed by atoms with Crippen molar-refractivity contribution in [2.45, 2.75) is 0 Å². The predicted molar refractivity (Wildman–Crippen MR) is 117 cm³/mol. The van der Waals surface area contributed by atoms with Gasteiger partial charge in [-0.2, -0.15) is 5.10 Å². The minimum absolute atomic E-state index is 0.0250. The van der Waals surface area contributed by atoms with Crippen molar-refractivity contribution in [3.8, 4) is 0 Å². The van der Waals surface area contributed by atoms with Crippen LogP contribution in [0.15, 0.2) is 82.4 Å². The number of nitrogens with zero attached hydrogens (tertiary/aromatic N) is 2. The van der Waals surface area contributed by atoms with E-state index in [1.165, 1.54) is 30.5 Å². The molecule has 0 radical (unpaired) electrons. The molecule has 30 heavy (non-hydrogen) atoms. The van der Waals surface area contributed by atoms with Crippen LogP contribution in [0.5, 0.6) is 0 Å². The minimum atomic E-state index is -0.493. The van der Waals surface area contributed by atoms with Gasteiger partial charge in [0.25, 0.3) is 17.5 Å². The summed E-state index contributed by atoms with van der Waals surface area (Å²) in [5, 5.41) is 17.2. The average molecular weight is 467 g/mol. The van der Waals surface area contributed by atoms with Crippen LogP contribution in [0.3, 0.4) is 0 Å². The summed E-state index contributed by atoms with van der Waals surface area (Å²) < 4.78 is 0.685. The quantitative estimate of drug-likeness (QED) is 0.318. The number of non-ortho nitro benzene ring substituents is 1. The summed E-state index contributed by atoms with van der Waals surface area (Å²) >= 11 is 3.33. The van der Waals surface area contributed by atoms with E-state index in [0.29, 0.717) is 26.9 Å². The molecule has 0 fully saturated rings. The number of hydrazone groups is 1. The first kappa shape index (κ1) is 20.9. The number of hydrogen-bond donors (Lipinski definition) is 2. The van der Waals surface area contributed by atoms with Crippen molar-refractivity contribution < 1.29 is 14.5 Å². The Kier molecular flexibility index (Phi) is 6.66. The average Bonchev–Trinajstić information content (AvgIpc) is 2.74. The highest BCUT2D eigenvalue weighted by Crippen LogP contribution is 2.18. The van der Waals surface area contributed by atoms with Crippen molar-refractivity contribution in [2.75, 3.05) is 5.32 Å². The highest BCUT2D eigenvalue weighted by Gasteiger charge is 2.10. The Labute approximate surface area is 179 Å². The number of amides is 2. The second-order valence-corrected chi connectivity index (χ2v) is 6.91. The molecule has 3 aromatic carbocycles. The van der Waals surface area contributed by atoms with E-state index in [-0.39, 0.29) is 11.6 Å². The highest BCUT2D eigenvalue weighted by atomic mass is 79.9. The lowest BCUT2D eigenvalue weighted by molar-refractivity contribution is -0.384. The van der Waals surface area contributed by atoms with Crippen LogP contribution in [0, 0.1) is 10.1 Å². The molecule has 0 aliphatic heterocycles. The van der Waals surface area contributed by atoms with Crippen LogP contribution < -0.4 is 10.7 Å². The fourth-order valence-electron chi connectivity index (χ4n) is 2.46. The lowest BCUT2D eigenvalue weighted by atomic mass is 10.1. The van der Waals surface area contributed by atoms with Gasteiger partial charge >= 0.3 is 0 Å². The Bertz CT molecular complexity index is 1110. The molecule has 0 saturated carbocycles. The molecule has 8 nitrogen and oxygen atoms in total. The molecule has 2 amide bonds. The number of nitrogens with one attached hydrogen (secondary N) is 2. The van der Waals surface area contributed by atoms with Crippen LogP contribution in [0.1, 0.15) is 26.3 Å². The number of carbonyl (C=O) groups excluding carboxylic acids is 2. The second kappa shape index (κ2) is 9.57. The minimum Gasteiger partial charge on any atom is -0.322 e. The number of nitro groups is 1. The van der Waals surface area contributed by atoms with Gasteiger partial charge in [0.05, 0.1) is 16.7 Å². The van der Waals surface area contributed by atoms with Crippen molar-refractivity contribution in [1.29, 1.82) is 0 Å². The number of carbonyl (C=O) groups is 2. The molecular formula is C21H15BrN4O4. The summed E-state index contributed by atoms with van der Waals surface area (Å²) in [6.45, 7) is 0. The smallest absolute Gasteiger partial charge is 0.271 e. The number of hydrogen-bond acceptors (Lipinski definition) is 5. The summed E-state index contributed by atoms with van der Waals surface area (Å²) in [6.07, 6.45) is 1.38. The first-order valence-electron chi connectivity index (χ1n) is 8.68. The van der Waals surface area contributed by atoms with Gasteiger partial charge in [-0.05, 0) is 70.0 Å². The number of anilines is 1. The van der Waals surface area contributed by atoms with Gasteiger partial charge in [0.2, 0.25) is 0 Å². The maximum atomic E-state index is 12.3. The van der Waals surface area contributed by atoms with Gasteiger partial charge in [-0.1, -0.05) is 12.1 Å². The second-order valence-electron chi connectivity index (χ2n) is 6.06. The van der Waals surface area contributed by atoms with Crippen LogP contribution in [0.4, 0.5) is 11.4 Å². The van der Waals surface area contributed by atoms with E-state index in [1.807, 2.05) is 6.07 Å². The third kappa shape index (κ3) is 5.36. The molecule has 9 heteroatoms. The standard InChI is InChI=1S/C21H15BrN4O4/c22-19-4-2-1-3-18(19)21(28)24-16-9-7-15(8-10-16)20(27)25-23-13-14-5-11-17(12-6-14)26(29)30/h1-13H,(H,24,28)(H,25,27)/b23-13+. The van der Waals surface area contributed by atoms with Crippen LogP contribution in [0.25, 0.3) is 0 Å². The Morgan fingerprint density at radius 1 is 0.933 bits per heavy atom. The molecule has 0 spiro atoms. The first-order chi connectivity index (χ1) is 14.4. The monoisotopic (exact) mass is 466 g/mol. The zero-order chi connectivity index (χ0) is 21.5. The molecule has 0 saturated heterocycles. The molecule has 0 aliphatic rings. The molecule has 0 bridgehead atoms. The summed E-state index contributed by atoms with van der Waals surface area (Å²) in [5.74, 6) is -0.704. The number of benzene rings is 3. The van der Waals surface area contributed by atoms with E-state index in [1.54, 1.807) is 42.5 Å². The third-order valence-electron chi connectivity index (χ3n) is 4.01. The Balaban J connectivity index is 1.57. The van der Waals surface area contributed by atoms with Gasteiger partial charge in [0.15, 0.2) is 0 Å². The van der Waals surface area contributed by atoms with Crippen LogP contribution in [-0.2, 0) is 0 Å². The number of rotatable bonds is 6. The number of nitro benzene ring substituents is 1. The molecule has 0 heterocycles. The van der Waals surface area contributed by atoms with Crippen molar-refractivity contribution >= 4 is 45.3 Å². The fraction of sp³-hybridized carbons (Fsp3) is 0. The van der Waals surface area contributed by atoms with Crippen molar-refractivity contribution in [3.63, 3.8) is 0 Å². The summed E-state index contributed by atoms with van der Waals surface area (Å²) in [7, 11) is 0. The van der Waals surface area contributed by atoms with Crippen LogP contribution in [-0.4, -0.2) is 23.0 Å². The van der Waals surface area contributed by atoms with E-state index >= 15 is 0 Å². The van der Waals surface area contributed by atoms with Gasteiger partial charge in [0.1, 0.15) is 0 Å². The first-order valence-corrected chi connectivity index (χ1v) is 9.47. The summed E-state index contributed by atoms with van der Waals surface area (Å²) in [5.41, 5.74) is 4.36. The molecule has 0 atom stereocenters. The molecule has 3 aromatic rings. The third-order valence-corrected chi connectivity index (χ3v) is 4.70. The molecular weight excluding hydrogens is 452 g/mol.